The van der Waals surface area contributed by atoms with E-state index >= 15 is 0 Å². The lowest BCUT2D eigenvalue weighted by Crippen LogP contribution is -2.46. The second-order valence-electron chi connectivity index (χ2n) is 6.07. The van der Waals surface area contributed by atoms with Crippen LogP contribution in [0.2, 0.25) is 0 Å². The van der Waals surface area contributed by atoms with Gasteiger partial charge in [-0.2, -0.15) is 0 Å². The number of rotatable bonds is 7. The Labute approximate surface area is 162 Å². The van der Waals surface area contributed by atoms with Crippen molar-refractivity contribution in [3.05, 3.63) is 12.2 Å². The van der Waals surface area contributed by atoms with Crippen molar-refractivity contribution in [2.45, 2.75) is 45.7 Å². The summed E-state index contributed by atoms with van der Waals surface area (Å²) in [4.78, 5) is 9.22. The van der Waals surface area contributed by atoms with Crippen LogP contribution < -0.4 is 5.32 Å². The van der Waals surface area contributed by atoms with E-state index in [1.807, 2.05) is 7.05 Å². The third-order valence-electron chi connectivity index (χ3n) is 4.61. The highest BCUT2D eigenvalue weighted by Crippen LogP contribution is 2.17. The lowest BCUT2D eigenvalue weighted by Gasteiger charge is -2.29. The van der Waals surface area contributed by atoms with E-state index in [0.717, 1.165) is 44.4 Å². The van der Waals surface area contributed by atoms with E-state index in [9.17, 15) is 0 Å². The zero-order valence-electron chi connectivity index (χ0n) is 15.4. The van der Waals surface area contributed by atoms with Gasteiger partial charge in [0, 0.05) is 46.2 Å². The molecule has 1 fully saturated rings. The summed E-state index contributed by atoms with van der Waals surface area (Å²) in [5.74, 6) is 1.98. The van der Waals surface area contributed by atoms with Gasteiger partial charge >= 0.3 is 0 Å². The van der Waals surface area contributed by atoms with Crippen molar-refractivity contribution in [3.63, 3.8) is 0 Å². The fourth-order valence-electron chi connectivity index (χ4n) is 3.33. The Kier molecular flexibility index (Phi) is 9.57. The van der Waals surface area contributed by atoms with E-state index in [0.29, 0.717) is 6.04 Å². The molecule has 1 aromatic heterocycles. The number of aryl methyl sites for hydroxylation is 1. The van der Waals surface area contributed by atoms with Crippen LogP contribution in [0.3, 0.4) is 0 Å². The number of aliphatic imine (C=N–C) groups is 1. The van der Waals surface area contributed by atoms with Gasteiger partial charge in [-0.15, -0.1) is 34.2 Å². The molecule has 7 nitrogen and oxygen atoms in total. The van der Waals surface area contributed by atoms with Crippen molar-refractivity contribution < 1.29 is 0 Å². The Bertz CT molecular complexity index is 502. The first kappa shape index (κ1) is 21.1. The number of guanidine groups is 1. The molecule has 1 N–H and O–H groups in total. The topological polar surface area (TPSA) is 61.6 Å². The van der Waals surface area contributed by atoms with Crippen molar-refractivity contribution in [1.82, 2.24) is 29.9 Å². The number of aromatic nitrogens is 3. The minimum Gasteiger partial charge on any atom is -0.354 e. The molecular weight excluding hydrogens is 417 g/mol. The van der Waals surface area contributed by atoms with Crippen LogP contribution in [-0.2, 0) is 13.0 Å². The second kappa shape index (κ2) is 10.9. The van der Waals surface area contributed by atoms with Gasteiger partial charge in [-0.1, -0.05) is 13.8 Å². The van der Waals surface area contributed by atoms with Gasteiger partial charge in [-0.05, 0) is 25.9 Å². The molecule has 1 unspecified atom stereocenters. The summed E-state index contributed by atoms with van der Waals surface area (Å²) in [6, 6.07) is 0.646. The minimum atomic E-state index is 0. The Morgan fingerprint density at radius 1 is 1.46 bits per heavy atom. The van der Waals surface area contributed by atoms with E-state index in [1.165, 1.54) is 19.4 Å². The molecule has 1 atom stereocenters. The number of halogens is 1. The molecule has 0 spiro atoms. The third-order valence-corrected chi connectivity index (χ3v) is 4.61. The van der Waals surface area contributed by atoms with E-state index in [4.69, 9.17) is 0 Å². The maximum atomic E-state index is 4.41. The lowest BCUT2D eigenvalue weighted by molar-refractivity contribution is 0.232. The molecule has 0 radical (unpaired) electrons. The molecule has 0 aromatic carbocycles. The molecule has 2 heterocycles. The van der Waals surface area contributed by atoms with Crippen molar-refractivity contribution >= 4 is 29.9 Å². The summed E-state index contributed by atoms with van der Waals surface area (Å²) in [5, 5.41) is 11.5. The maximum absolute atomic E-state index is 4.41. The van der Waals surface area contributed by atoms with Crippen LogP contribution in [-0.4, -0.2) is 76.8 Å². The Morgan fingerprint density at radius 3 is 2.92 bits per heavy atom. The summed E-state index contributed by atoms with van der Waals surface area (Å²) >= 11 is 0. The monoisotopic (exact) mass is 449 g/mol. The molecule has 1 aliphatic rings. The minimum absolute atomic E-state index is 0. The quantitative estimate of drug-likeness (QED) is 0.388. The first-order valence-electron chi connectivity index (χ1n) is 8.72. The van der Waals surface area contributed by atoms with E-state index in [2.05, 4.69) is 55.8 Å². The SMILES string of the molecule is CCc1nncn1CCNC(=NC)N(C)CC1CCCN1CC.I. The number of nitrogens with one attached hydrogen (secondary N) is 1. The molecular formula is C16H32IN7. The molecule has 2 rings (SSSR count). The number of nitrogens with zero attached hydrogens (tertiary/aromatic N) is 6. The second-order valence-corrected chi connectivity index (χ2v) is 6.07. The van der Waals surface area contributed by atoms with Crippen LogP contribution in [0.15, 0.2) is 11.3 Å². The highest BCUT2D eigenvalue weighted by molar-refractivity contribution is 14.0. The molecule has 1 aromatic rings. The summed E-state index contributed by atoms with van der Waals surface area (Å²) in [6.45, 7) is 9.42. The van der Waals surface area contributed by atoms with Crippen molar-refractivity contribution in [1.29, 1.82) is 0 Å². The van der Waals surface area contributed by atoms with Gasteiger partial charge in [-0.25, -0.2) is 0 Å². The van der Waals surface area contributed by atoms with Crippen LogP contribution in [0.1, 0.15) is 32.5 Å². The normalized spacial score (nSPS) is 18.5. The fraction of sp³-hybridized carbons (Fsp3) is 0.812. The summed E-state index contributed by atoms with van der Waals surface area (Å²) in [5.41, 5.74) is 0. The Balaban J connectivity index is 0.00000288. The molecule has 138 valence electrons. The Hall–Kier alpha value is -0.900. The van der Waals surface area contributed by atoms with Crippen LogP contribution >= 0.6 is 24.0 Å². The lowest BCUT2D eigenvalue weighted by atomic mass is 10.2. The van der Waals surface area contributed by atoms with Crippen molar-refractivity contribution in [2.24, 2.45) is 4.99 Å². The van der Waals surface area contributed by atoms with Gasteiger partial charge in [0.2, 0.25) is 0 Å². The smallest absolute Gasteiger partial charge is 0.193 e. The molecule has 0 saturated carbocycles. The molecule has 1 saturated heterocycles. The highest BCUT2D eigenvalue weighted by Gasteiger charge is 2.24. The van der Waals surface area contributed by atoms with Gasteiger partial charge in [0.15, 0.2) is 5.96 Å². The van der Waals surface area contributed by atoms with Gasteiger partial charge < -0.3 is 14.8 Å². The predicted octanol–water partition coefficient (Wildman–Crippen LogP) is 1.45. The fourth-order valence-corrected chi connectivity index (χ4v) is 3.33. The maximum Gasteiger partial charge on any atom is 0.193 e. The average Bonchev–Trinajstić information content (AvgIpc) is 3.19. The van der Waals surface area contributed by atoms with E-state index in [-0.39, 0.29) is 24.0 Å². The van der Waals surface area contributed by atoms with Crippen LogP contribution in [0.5, 0.6) is 0 Å². The van der Waals surface area contributed by atoms with Gasteiger partial charge in [0.1, 0.15) is 12.2 Å². The first-order valence-corrected chi connectivity index (χ1v) is 8.72. The van der Waals surface area contributed by atoms with Gasteiger partial charge in [0.05, 0.1) is 0 Å². The molecule has 1 aliphatic heterocycles. The molecule has 8 heteroatoms. The Morgan fingerprint density at radius 2 is 2.25 bits per heavy atom. The number of likely N-dealkylation sites (tertiary alicyclic amines) is 1. The zero-order chi connectivity index (χ0) is 16.7. The largest absolute Gasteiger partial charge is 0.354 e. The molecule has 0 aliphatic carbocycles. The van der Waals surface area contributed by atoms with Gasteiger partial charge in [-0.3, -0.25) is 9.89 Å². The predicted molar refractivity (Wildman–Crippen MR) is 109 cm³/mol. The third kappa shape index (κ3) is 5.58. The first-order chi connectivity index (χ1) is 11.2. The van der Waals surface area contributed by atoms with Crippen LogP contribution in [0, 0.1) is 0 Å². The summed E-state index contributed by atoms with van der Waals surface area (Å²) < 4.78 is 2.09. The zero-order valence-corrected chi connectivity index (χ0v) is 17.7. The molecule has 24 heavy (non-hydrogen) atoms. The summed E-state index contributed by atoms with van der Waals surface area (Å²) in [6.07, 6.45) is 5.30. The van der Waals surface area contributed by atoms with Crippen LogP contribution in [0.25, 0.3) is 0 Å². The van der Waals surface area contributed by atoms with Crippen LogP contribution in [0.4, 0.5) is 0 Å². The highest BCUT2D eigenvalue weighted by atomic mass is 127. The van der Waals surface area contributed by atoms with Gasteiger partial charge in [0.25, 0.3) is 0 Å². The molecule has 0 bridgehead atoms. The van der Waals surface area contributed by atoms with Crippen molar-refractivity contribution in [2.75, 3.05) is 40.3 Å². The number of hydrogen-bond donors (Lipinski definition) is 1. The van der Waals surface area contributed by atoms with Crippen molar-refractivity contribution in [3.8, 4) is 0 Å². The summed E-state index contributed by atoms with van der Waals surface area (Å²) in [7, 11) is 3.97. The standard InChI is InChI=1S/C16H31N7.HI/c1-5-15-20-19-13-23(15)11-9-18-16(17-3)21(4)12-14-8-7-10-22(14)6-2;/h13-14H,5-12H2,1-4H3,(H,17,18);1H. The van der Waals surface area contributed by atoms with E-state index < -0.39 is 0 Å². The number of hydrogen-bond acceptors (Lipinski definition) is 4. The number of likely N-dealkylation sites (N-methyl/N-ethyl adjacent to an activating group) is 2. The average molecular weight is 449 g/mol. The molecule has 0 amide bonds. The van der Waals surface area contributed by atoms with E-state index in [1.54, 1.807) is 6.33 Å².